The highest BCUT2D eigenvalue weighted by Gasteiger charge is 2.23. The molecule has 0 amide bonds. The predicted molar refractivity (Wildman–Crippen MR) is 44.7 cm³/mol. The van der Waals surface area contributed by atoms with Gasteiger partial charge in [-0.2, -0.15) is 0 Å². The summed E-state index contributed by atoms with van der Waals surface area (Å²) in [5.74, 6) is 0. The Bertz CT molecular complexity index is 417. The Hall–Kier alpha value is -0.890. The normalized spacial score (nSPS) is 18.9. The van der Waals surface area contributed by atoms with Crippen molar-refractivity contribution in [3.05, 3.63) is 17.9 Å². The SMILES string of the molecule is NS(=O)(=O)c1cc(C2OCCO2)co1. The van der Waals surface area contributed by atoms with E-state index in [9.17, 15) is 8.42 Å². The third kappa shape index (κ3) is 1.80. The quantitative estimate of drug-likeness (QED) is 0.754. The molecule has 0 radical (unpaired) electrons. The molecule has 1 saturated heterocycles. The average Bonchev–Trinajstić information content (AvgIpc) is 2.73. The summed E-state index contributed by atoms with van der Waals surface area (Å²) in [5, 5.41) is 4.58. The molecule has 1 aromatic rings. The molecule has 0 unspecified atom stereocenters. The lowest BCUT2D eigenvalue weighted by molar-refractivity contribution is -0.0444. The van der Waals surface area contributed by atoms with E-state index in [1.807, 2.05) is 0 Å². The van der Waals surface area contributed by atoms with Gasteiger partial charge in [-0.1, -0.05) is 0 Å². The van der Waals surface area contributed by atoms with E-state index in [1.165, 1.54) is 12.3 Å². The predicted octanol–water partition coefficient (Wildman–Crippen LogP) is -0.0276. The Kier molecular flexibility index (Phi) is 2.31. The molecular formula is C7H9NO5S. The van der Waals surface area contributed by atoms with Crippen LogP contribution in [0.1, 0.15) is 11.9 Å². The van der Waals surface area contributed by atoms with Crippen molar-refractivity contribution in [2.45, 2.75) is 11.4 Å². The molecule has 78 valence electrons. The maximum absolute atomic E-state index is 10.9. The van der Waals surface area contributed by atoms with Crippen LogP contribution in [0.25, 0.3) is 0 Å². The van der Waals surface area contributed by atoms with Gasteiger partial charge in [0.1, 0.15) is 6.26 Å². The number of sulfonamides is 1. The second-order valence-corrected chi connectivity index (χ2v) is 4.31. The number of rotatable bonds is 2. The lowest BCUT2D eigenvalue weighted by atomic mass is 10.3. The minimum atomic E-state index is -3.79. The minimum absolute atomic E-state index is 0.286. The third-order valence-electron chi connectivity index (χ3n) is 1.77. The summed E-state index contributed by atoms with van der Waals surface area (Å²) < 4.78 is 36.8. The first-order valence-electron chi connectivity index (χ1n) is 3.92. The van der Waals surface area contributed by atoms with Crippen LogP contribution in [0.5, 0.6) is 0 Å². The van der Waals surface area contributed by atoms with Gasteiger partial charge in [0.05, 0.1) is 13.2 Å². The van der Waals surface area contributed by atoms with E-state index in [1.54, 1.807) is 0 Å². The highest BCUT2D eigenvalue weighted by atomic mass is 32.2. The summed E-state index contributed by atoms with van der Waals surface area (Å²) in [7, 11) is -3.79. The fraction of sp³-hybridized carbons (Fsp3) is 0.429. The fourth-order valence-corrected chi connectivity index (χ4v) is 1.64. The Morgan fingerprint density at radius 2 is 2.00 bits per heavy atom. The van der Waals surface area contributed by atoms with Gasteiger partial charge in [-0.3, -0.25) is 0 Å². The van der Waals surface area contributed by atoms with Gasteiger partial charge >= 0.3 is 0 Å². The Balaban J connectivity index is 2.25. The van der Waals surface area contributed by atoms with E-state index in [-0.39, 0.29) is 5.09 Å². The summed E-state index contributed by atoms with van der Waals surface area (Å²) in [6, 6.07) is 1.30. The molecule has 1 aromatic heterocycles. The summed E-state index contributed by atoms with van der Waals surface area (Å²) >= 11 is 0. The molecule has 0 spiro atoms. The molecule has 2 heterocycles. The number of primary sulfonamides is 1. The van der Waals surface area contributed by atoms with Crippen LogP contribution in [0.3, 0.4) is 0 Å². The first-order chi connectivity index (χ1) is 6.57. The number of furan rings is 1. The smallest absolute Gasteiger partial charge is 0.271 e. The van der Waals surface area contributed by atoms with Crippen molar-refractivity contribution >= 4 is 10.0 Å². The highest BCUT2D eigenvalue weighted by molar-refractivity contribution is 7.89. The number of nitrogens with two attached hydrogens (primary N) is 1. The van der Waals surface area contributed by atoms with Gasteiger partial charge in [0.2, 0.25) is 5.09 Å². The third-order valence-corrected chi connectivity index (χ3v) is 2.54. The van der Waals surface area contributed by atoms with Crippen LogP contribution >= 0.6 is 0 Å². The van der Waals surface area contributed by atoms with Crippen LogP contribution in [0.15, 0.2) is 21.8 Å². The van der Waals surface area contributed by atoms with Crippen LogP contribution in [0.4, 0.5) is 0 Å². The van der Waals surface area contributed by atoms with Crippen LogP contribution < -0.4 is 5.14 Å². The van der Waals surface area contributed by atoms with Gasteiger partial charge in [0, 0.05) is 11.6 Å². The van der Waals surface area contributed by atoms with Crippen molar-refractivity contribution in [2.75, 3.05) is 13.2 Å². The molecule has 0 aromatic carbocycles. The minimum Gasteiger partial charge on any atom is -0.451 e. The Morgan fingerprint density at radius 3 is 2.50 bits per heavy atom. The second kappa shape index (κ2) is 3.35. The van der Waals surface area contributed by atoms with Crippen LogP contribution in [-0.2, 0) is 19.5 Å². The topological polar surface area (TPSA) is 91.8 Å². The van der Waals surface area contributed by atoms with Crippen molar-refractivity contribution in [1.82, 2.24) is 0 Å². The zero-order valence-corrected chi connectivity index (χ0v) is 7.99. The maximum atomic E-state index is 10.9. The second-order valence-electron chi connectivity index (χ2n) is 2.82. The molecule has 2 rings (SSSR count). The van der Waals surface area contributed by atoms with E-state index in [0.717, 1.165) is 0 Å². The van der Waals surface area contributed by atoms with Crippen molar-refractivity contribution in [2.24, 2.45) is 5.14 Å². The van der Waals surface area contributed by atoms with Crippen LogP contribution in [0.2, 0.25) is 0 Å². The van der Waals surface area contributed by atoms with Gasteiger partial charge in [0.15, 0.2) is 6.29 Å². The average molecular weight is 219 g/mol. The molecule has 0 atom stereocenters. The number of ether oxygens (including phenoxy) is 2. The standard InChI is InChI=1S/C7H9NO5S/c8-14(9,10)6-3-5(4-13-6)7-11-1-2-12-7/h3-4,7H,1-2H2,(H2,8,9,10). The van der Waals surface area contributed by atoms with Crippen molar-refractivity contribution in [3.8, 4) is 0 Å². The maximum Gasteiger partial charge on any atom is 0.271 e. The van der Waals surface area contributed by atoms with E-state index in [4.69, 9.17) is 19.0 Å². The zero-order valence-electron chi connectivity index (χ0n) is 7.17. The number of hydrogen-bond donors (Lipinski definition) is 1. The highest BCUT2D eigenvalue weighted by Crippen LogP contribution is 2.25. The molecule has 0 saturated carbocycles. The van der Waals surface area contributed by atoms with Crippen molar-refractivity contribution in [1.29, 1.82) is 0 Å². The molecule has 1 aliphatic heterocycles. The van der Waals surface area contributed by atoms with Gasteiger partial charge in [-0.25, -0.2) is 13.6 Å². The lowest BCUT2D eigenvalue weighted by Gasteiger charge is -2.03. The molecule has 1 aliphatic rings. The van der Waals surface area contributed by atoms with Crippen molar-refractivity contribution in [3.63, 3.8) is 0 Å². The molecule has 0 aliphatic carbocycles. The Labute approximate surface area is 80.6 Å². The molecule has 7 heteroatoms. The first kappa shape index (κ1) is 9.66. The van der Waals surface area contributed by atoms with Gasteiger partial charge in [-0.15, -0.1) is 0 Å². The zero-order chi connectivity index (χ0) is 10.2. The monoisotopic (exact) mass is 219 g/mol. The van der Waals surface area contributed by atoms with Crippen LogP contribution in [0, 0.1) is 0 Å². The van der Waals surface area contributed by atoms with E-state index in [0.29, 0.717) is 18.8 Å². The molecule has 2 N–H and O–H groups in total. The van der Waals surface area contributed by atoms with E-state index in [2.05, 4.69) is 0 Å². The van der Waals surface area contributed by atoms with Gasteiger partial charge in [-0.05, 0) is 0 Å². The summed E-state index contributed by atoms with van der Waals surface area (Å²) in [4.78, 5) is 0. The first-order valence-corrected chi connectivity index (χ1v) is 5.46. The summed E-state index contributed by atoms with van der Waals surface area (Å²) in [5.41, 5.74) is 0.520. The van der Waals surface area contributed by atoms with Crippen molar-refractivity contribution < 1.29 is 22.3 Å². The van der Waals surface area contributed by atoms with E-state index < -0.39 is 16.3 Å². The molecule has 1 fully saturated rings. The van der Waals surface area contributed by atoms with Crippen LogP contribution in [-0.4, -0.2) is 21.6 Å². The fourth-order valence-electron chi connectivity index (χ4n) is 1.15. The Morgan fingerprint density at radius 1 is 1.36 bits per heavy atom. The van der Waals surface area contributed by atoms with E-state index >= 15 is 0 Å². The molecule has 6 nitrogen and oxygen atoms in total. The summed E-state index contributed by atoms with van der Waals surface area (Å²) in [6.45, 7) is 0.973. The summed E-state index contributed by atoms with van der Waals surface area (Å²) in [6.07, 6.45) is 0.713. The molecular weight excluding hydrogens is 210 g/mol. The van der Waals surface area contributed by atoms with Gasteiger partial charge < -0.3 is 13.9 Å². The van der Waals surface area contributed by atoms with Gasteiger partial charge in [0.25, 0.3) is 10.0 Å². The molecule has 14 heavy (non-hydrogen) atoms. The molecule has 0 bridgehead atoms. The lowest BCUT2D eigenvalue weighted by Crippen LogP contribution is -2.10. The largest absolute Gasteiger partial charge is 0.451 e. The number of hydrogen-bond acceptors (Lipinski definition) is 5.